The summed E-state index contributed by atoms with van der Waals surface area (Å²) in [5.74, 6) is 0.572. The van der Waals surface area contributed by atoms with Gasteiger partial charge in [0.15, 0.2) is 0 Å². The maximum atomic E-state index is 8.12. The van der Waals surface area contributed by atoms with Gasteiger partial charge in [0, 0.05) is 6.20 Å². The summed E-state index contributed by atoms with van der Waals surface area (Å²) in [5.41, 5.74) is 6.57. The van der Waals surface area contributed by atoms with Crippen LogP contribution in [-0.4, -0.2) is 11.1 Å². The van der Waals surface area contributed by atoms with Crippen LogP contribution in [-0.2, 0) is 9.59 Å². The molecule has 2 N–H and O–H groups in total. The number of nitrogens with zero attached hydrogens (tertiary/aromatic N) is 1. The number of hydrogen-bond acceptors (Lipinski definition) is 4. The van der Waals surface area contributed by atoms with E-state index in [2.05, 4.69) is 24.0 Å². The van der Waals surface area contributed by atoms with Gasteiger partial charge in [0.1, 0.15) is 5.82 Å². The van der Waals surface area contributed by atoms with Crippen LogP contribution in [0.5, 0.6) is 0 Å². The summed E-state index contributed by atoms with van der Waals surface area (Å²) < 4.78 is 0. The fraction of sp³-hybridized carbons (Fsp3) is 0.0769. The van der Waals surface area contributed by atoms with Crippen molar-refractivity contribution in [3.05, 3.63) is 60.3 Å². The lowest BCUT2D eigenvalue weighted by molar-refractivity contribution is -0.191. The van der Waals surface area contributed by atoms with Crippen molar-refractivity contribution < 1.29 is 9.59 Å². The van der Waals surface area contributed by atoms with Crippen molar-refractivity contribution in [1.82, 2.24) is 4.98 Å². The van der Waals surface area contributed by atoms with Gasteiger partial charge < -0.3 is 5.73 Å². The van der Waals surface area contributed by atoms with Crippen molar-refractivity contribution in [3.63, 3.8) is 0 Å². The standard InChI is InChI=1S/C7H8.C5H6N2.CO2/c1-7-5-3-2-4-6-7;6-5-3-1-2-4-7-5;2-1-3/h2-6H,1H3;1-4H,(H2,6,7);. The third-order valence-electron chi connectivity index (χ3n) is 1.63. The summed E-state index contributed by atoms with van der Waals surface area (Å²) in [6, 6.07) is 15.7. The number of benzene rings is 1. The molecule has 0 amide bonds. The number of pyridine rings is 1. The normalized spacial score (nSPS) is 7.59. The van der Waals surface area contributed by atoms with E-state index in [1.54, 1.807) is 12.3 Å². The smallest absolute Gasteiger partial charge is 0.373 e. The largest absolute Gasteiger partial charge is 0.384 e. The summed E-state index contributed by atoms with van der Waals surface area (Å²) in [4.78, 5) is 20.0. The Kier molecular flexibility index (Phi) is 8.63. The van der Waals surface area contributed by atoms with Gasteiger partial charge in [-0.2, -0.15) is 9.59 Å². The maximum absolute atomic E-state index is 8.12. The molecule has 88 valence electrons. The molecular weight excluding hydrogens is 216 g/mol. The van der Waals surface area contributed by atoms with E-state index >= 15 is 0 Å². The van der Waals surface area contributed by atoms with Gasteiger partial charge in [0.05, 0.1) is 0 Å². The average Bonchev–Trinajstić information content (AvgIpc) is 2.33. The van der Waals surface area contributed by atoms with E-state index in [0.29, 0.717) is 5.82 Å². The first-order valence-corrected chi connectivity index (χ1v) is 4.88. The molecule has 2 rings (SSSR count). The van der Waals surface area contributed by atoms with Gasteiger partial charge in [-0.15, -0.1) is 0 Å². The van der Waals surface area contributed by atoms with Crippen molar-refractivity contribution in [2.45, 2.75) is 6.92 Å². The highest BCUT2D eigenvalue weighted by atomic mass is 16.2. The van der Waals surface area contributed by atoms with Crippen molar-refractivity contribution >= 4 is 12.0 Å². The van der Waals surface area contributed by atoms with Crippen LogP contribution in [0.3, 0.4) is 0 Å². The van der Waals surface area contributed by atoms with Crippen LogP contribution in [0, 0.1) is 6.92 Å². The van der Waals surface area contributed by atoms with Gasteiger partial charge in [-0.3, -0.25) is 0 Å². The monoisotopic (exact) mass is 230 g/mol. The fourth-order valence-corrected chi connectivity index (χ4v) is 0.910. The number of hydrogen-bond donors (Lipinski definition) is 1. The molecule has 0 atom stereocenters. The van der Waals surface area contributed by atoms with Gasteiger partial charge >= 0.3 is 6.15 Å². The highest BCUT2D eigenvalue weighted by molar-refractivity contribution is 5.25. The molecule has 4 nitrogen and oxygen atoms in total. The third kappa shape index (κ3) is 9.85. The summed E-state index contributed by atoms with van der Waals surface area (Å²) in [7, 11) is 0. The summed E-state index contributed by atoms with van der Waals surface area (Å²) in [6.45, 7) is 2.08. The van der Waals surface area contributed by atoms with E-state index in [9.17, 15) is 0 Å². The summed E-state index contributed by atoms with van der Waals surface area (Å²) >= 11 is 0. The minimum absolute atomic E-state index is 0.250. The molecule has 0 saturated heterocycles. The topological polar surface area (TPSA) is 73.0 Å². The van der Waals surface area contributed by atoms with E-state index in [1.165, 1.54) is 5.56 Å². The Morgan fingerprint density at radius 2 is 1.53 bits per heavy atom. The molecule has 0 spiro atoms. The number of nitrogens with two attached hydrogens (primary N) is 1. The zero-order valence-corrected chi connectivity index (χ0v) is 9.54. The summed E-state index contributed by atoms with van der Waals surface area (Å²) in [6.07, 6.45) is 1.91. The van der Waals surface area contributed by atoms with Crippen molar-refractivity contribution in [2.24, 2.45) is 0 Å². The molecule has 0 aliphatic carbocycles. The van der Waals surface area contributed by atoms with E-state index in [0.717, 1.165) is 0 Å². The predicted molar refractivity (Wildman–Crippen MR) is 64.8 cm³/mol. The summed E-state index contributed by atoms with van der Waals surface area (Å²) in [5, 5.41) is 0. The van der Waals surface area contributed by atoms with Crippen LogP contribution in [0.25, 0.3) is 0 Å². The van der Waals surface area contributed by atoms with Crippen LogP contribution in [0.1, 0.15) is 5.56 Å². The lowest BCUT2D eigenvalue weighted by atomic mass is 10.2. The number of carbonyl (C=O) groups excluding carboxylic acids is 2. The van der Waals surface area contributed by atoms with Gasteiger partial charge in [-0.1, -0.05) is 42.0 Å². The zero-order chi connectivity index (χ0) is 12.9. The highest BCUT2D eigenvalue weighted by Gasteiger charge is 1.73. The first-order valence-electron chi connectivity index (χ1n) is 4.88. The molecule has 1 heterocycles. The Morgan fingerprint density at radius 3 is 1.76 bits per heavy atom. The van der Waals surface area contributed by atoms with Gasteiger partial charge in [-0.05, 0) is 19.1 Å². The number of rotatable bonds is 0. The lowest BCUT2D eigenvalue weighted by Gasteiger charge is -1.82. The van der Waals surface area contributed by atoms with Crippen LogP contribution in [0.15, 0.2) is 54.7 Å². The predicted octanol–water partition coefficient (Wildman–Crippen LogP) is 2.08. The van der Waals surface area contributed by atoms with Crippen LogP contribution < -0.4 is 5.73 Å². The first-order chi connectivity index (χ1) is 8.20. The molecular formula is C13H14N2O2. The lowest BCUT2D eigenvalue weighted by Crippen LogP contribution is -1.85. The van der Waals surface area contributed by atoms with Crippen LogP contribution >= 0.6 is 0 Å². The number of aromatic nitrogens is 1. The second kappa shape index (κ2) is 10.1. The second-order valence-corrected chi connectivity index (χ2v) is 2.99. The number of anilines is 1. The number of aryl methyl sites for hydroxylation is 1. The third-order valence-corrected chi connectivity index (χ3v) is 1.63. The molecule has 17 heavy (non-hydrogen) atoms. The first kappa shape index (κ1) is 14.6. The van der Waals surface area contributed by atoms with Crippen LogP contribution in [0.2, 0.25) is 0 Å². The molecule has 0 saturated carbocycles. The average molecular weight is 230 g/mol. The Hall–Kier alpha value is -2.45. The SMILES string of the molecule is Cc1ccccc1.Nc1ccccn1.O=C=O. The Labute approximate surface area is 100 Å². The van der Waals surface area contributed by atoms with Gasteiger partial charge in [0.2, 0.25) is 0 Å². The quantitative estimate of drug-likeness (QED) is 0.752. The molecule has 0 unspecified atom stereocenters. The molecule has 0 aliphatic heterocycles. The second-order valence-electron chi connectivity index (χ2n) is 2.99. The number of nitrogen functional groups attached to an aromatic ring is 1. The molecule has 0 aliphatic rings. The van der Waals surface area contributed by atoms with E-state index in [1.807, 2.05) is 30.3 Å². The van der Waals surface area contributed by atoms with Crippen molar-refractivity contribution in [2.75, 3.05) is 5.73 Å². The Balaban J connectivity index is 0.000000247. The van der Waals surface area contributed by atoms with Gasteiger partial charge in [0.25, 0.3) is 0 Å². The Morgan fingerprint density at radius 1 is 1.00 bits per heavy atom. The highest BCUT2D eigenvalue weighted by Crippen LogP contribution is 1.92. The Bertz CT molecular complexity index is 386. The van der Waals surface area contributed by atoms with E-state index in [-0.39, 0.29) is 6.15 Å². The zero-order valence-electron chi connectivity index (χ0n) is 9.54. The molecule has 1 aromatic heterocycles. The van der Waals surface area contributed by atoms with E-state index < -0.39 is 0 Å². The van der Waals surface area contributed by atoms with Gasteiger partial charge in [-0.25, -0.2) is 4.98 Å². The molecule has 4 heteroatoms. The maximum Gasteiger partial charge on any atom is 0.373 e. The van der Waals surface area contributed by atoms with E-state index in [4.69, 9.17) is 15.3 Å². The molecule has 0 radical (unpaired) electrons. The molecule has 0 fully saturated rings. The minimum Gasteiger partial charge on any atom is -0.384 e. The molecule has 1 aromatic carbocycles. The molecule has 0 bridgehead atoms. The molecule has 2 aromatic rings. The minimum atomic E-state index is 0.250. The van der Waals surface area contributed by atoms with Crippen molar-refractivity contribution in [1.29, 1.82) is 0 Å². The van der Waals surface area contributed by atoms with Crippen LogP contribution in [0.4, 0.5) is 5.82 Å². The fourth-order valence-electron chi connectivity index (χ4n) is 0.910. The van der Waals surface area contributed by atoms with Crippen molar-refractivity contribution in [3.8, 4) is 0 Å².